The van der Waals surface area contributed by atoms with Gasteiger partial charge >= 0.3 is 0 Å². The van der Waals surface area contributed by atoms with Crippen molar-refractivity contribution in [2.45, 2.75) is 33.7 Å². The van der Waals surface area contributed by atoms with Crippen LogP contribution >= 0.6 is 11.3 Å². The van der Waals surface area contributed by atoms with Crippen molar-refractivity contribution in [3.63, 3.8) is 0 Å². The zero-order chi connectivity index (χ0) is 20.6. The van der Waals surface area contributed by atoms with E-state index in [-0.39, 0.29) is 5.91 Å². The van der Waals surface area contributed by atoms with E-state index in [1.54, 1.807) is 0 Å². The summed E-state index contributed by atoms with van der Waals surface area (Å²) >= 11 is 1.37. The van der Waals surface area contributed by atoms with E-state index in [1.807, 2.05) is 50.2 Å². The molecule has 0 radical (unpaired) electrons. The monoisotopic (exact) mass is 408 g/mol. The number of carbonyl (C=O) groups is 1. The highest BCUT2D eigenvalue weighted by Crippen LogP contribution is 2.32. The SMILES string of the molecule is CCC(=O)Nc1cc(N(CC)Cc2ccccc2)ccc1N=Nc1nnc(C)s1. The maximum absolute atomic E-state index is 12.0. The van der Waals surface area contributed by atoms with Crippen LogP contribution in [0.5, 0.6) is 0 Å². The van der Waals surface area contributed by atoms with Gasteiger partial charge in [-0.05, 0) is 37.6 Å². The summed E-state index contributed by atoms with van der Waals surface area (Å²) < 4.78 is 0. The molecule has 3 aromatic rings. The molecule has 0 saturated carbocycles. The van der Waals surface area contributed by atoms with Gasteiger partial charge in [-0.2, -0.15) is 0 Å². The molecular weight excluding hydrogens is 384 g/mol. The maximum Gasteiger partial charge on any atom is 0.251 e. The summed E-state index contributed by atoms with van der Waals surface area (Å²) in [4.78, 5) is 14.3. The van der Waals surface area contributed by atoms with Gasteiger partial charge in [-0.15, -0.1) is 20.4 Å². The Balaban J connectivity index is 1.89. The number of aryl methyl sites for hydroxylation is 1. The highest BCUT2D eigenvalue weighted by molar-refractivity contribution is 7.14. The third-order valence-electron chi connectivity index (χ3n) is 4.30. The number of amides is 1. The number of anilines is 2. The number of rotatable bonds is 8. The first-order chi connectivity index (χ1) is 14.1. The second kappa shape index (κ2) is 9.88. The summed E-state index contributed by atoms with van der Waals surface area (Å²) in [6, 6.07) is 16.1. The average Bonchev–Trinajstić information content (AvgIpc) is 3.16. The Morgan fingerprint density at radius 3 is 2.55 bits per heavy atom. The molecule has 3 rings (SSSR count). The molecule has 29 heavy (non-hydrogen) atoms. The highest BCUT2D eigenvalue weighted by atomic mass is 32.1. The van der Waals surface area contributed by atoms with Crippen molar-refractivity contribution in [1.82, 2.24) is 10.2 Å². The summed E-state index contributed by atoms with van der Waals surface area (Å²) in [6.07, 6.45) is 0.387. The molecule has 0 bridgehead atoms. The average molecular weight is 409 g/mol. The van der Waals surface area contributed by atoms with Gasteiger partial charge in [0.2, 0.25) is 5.91 Å². The molecule has 1 amide bonds. The van der Waals surface area contributed by atoms with E-state index < -0.39 is 0 Å². The summed E-state index contributed by atoms with van der Waals surface area (Å²) in [5.74, 6) is -0.0727. The predicted molar refractivity (Wildman–Crippen MR) is 117 cm³/mol. The van der Waals surface area contributed by atoms with Gasteiger partial charge in [-0.25, -0.2) is 0 Å². The van der Waals surface area contributed by atoms with Crippen LogP contribution in [0, 0.1) is 6.92 Å². The van der Waals surface area contributed by atoms with Crippen molar-refractivity contribution in [2.24, 2.45) is 10.2 Å². The van der Waals surface area contributed by atoms with Crippen LogP contribution in [0.3, 0.4) is 0 Å². The second-order valence-electron chi connectivity index (χ2n) is 6.41. The fourth-order valence-corrected chi connectivity index (χ4v) is 3.27. The van der Waals surface area contributed by atoms with Crippen molar-refractivity contribution in [3.8, 4) is 0 Å². The van der Waals surface area contributed by atoms with Gasteiger partial charge in [0.05, 0.1) is 5.69 Å². The lowest BCUT2D eigenvalue weighted by Gasteiger charge is -2.24. The minimum Gasteiger partial charge on any atom is -0.367 e. The van der Waals surface area contributed by atoms with Gasteiger partial charge in [0.15, 0.2) is 0 Å². The van der Waals surface area contributed by atoms with E-state index >= 15 is 0 Å². The van der Waals surface area contributed by atoms with Crippen molar-refractivity contribution < 1.29 is 4.79 Å². The van der Waals surface area contributed by atoms with E-state index in [0.29, 0.717) is 22.9 Å². The number of azo groups is 1. The molecule has 0 aliphatic heterocycles. The summed E-state index contributed by atoms with van der Waals surface area (Å²) in [5, 5.41) is 20.6. The number of hydrogen-bond acceptors (Lipinski definition) is 7. The number of hydrogen-bond donors (Lipinski definition) is 1. The Bertz CT molecular complexity index is 986. The molecule has 0 spiro atoms. The molecule has 150 valence electrons. The van der Waals surface area contributed by atoms with Gasteiger partial charge < -0.3 is 10.2 Å². The van der Waals surface area contributed by atoms with Gasteiger partial charge in [-0.3, -0.25) is 4.79 Å². The molecule has 0 saturated heterocycles. The standard InChI is InChI=1S/C21H24N6OS/c1-4-20(28)22-19-13-17(27(5-2)14-16-9-7-6-8-10-16)11-12-18(19)24-26-21-25-23-15(3)29-21/h6-13H,4-5,14H2,1-3H3,(H,22,28). The van der Waals surface area contributed by atoms with Gasteiger partial charge in [0.1, 0.15) is 10.7 Å². The van der Waals surface area contributed by atoms with E-state index in [4.69, 9.17) is 0 Å². The van der Waals surface area contributed by atoms with Crippen molar-refractivity contribution in [2.75, 3.05) is 16.8 Å². The first-order valence-corrected chi connectivity index (χ1v) is 10.3. The van der Waals surface area contributed by atoms with Crippen LogP contribution < -0.4 is 10.2 Å². The Hall–Kier alpha value is -3.13. The van der Waals surface area contributed by atoms with E-state index in [9.17, 15) is 4.79 Å². The van der Waals surface area contributed by atoms with Crippen LogP contribution in [0.4, 0.5) is 22.2 Å². The fourth-order valence-electron chi connectivity index (χ4n) is 2.76. The fraction of sp³-hybridized carbons (Fsp3) is 0.286. The molecule has 7 nitrogen and oxygen atoms in total. The lowest BCUT2D eigenvalue weighted by Crippen LogP contribution is -2.22. The van der Waals surface area contributed by atoms with Crippen molar-refractivity contribution in [3.05, 3.63) is 59.1 Å². The zero-order valence-corrected chi connectivity index (χ0v) is 17.6. The minimum atomic E-state index is -0.0727. The van der Waals surface area contributed by atoms with Gasteiger partial charge in [-0.1, -0.05) is 48.6 Å². The number of aromatic nitrogens is 2. The van der Waals surface area contributed by atoms with Crippen LogP contribution in [0.25, 0.3) is 0 Å². The molecule has 1 N–H and O–H groups in total. The number of nitrogens with one attached hydrogen (secondary N) is 1. The Morgan fingerprint density at radius 1 is 1.10 bits per heavy atom. The molecule has 0 atom stereocenters. The van der Waals surface area contributed by atoms with Gasteiger partial charge in [0, 0.05) is 25.2 Å². The van der Waals surface area contributed by atoms with Crippen molar-refractivity contribution >= 4 is 39.4 Å². The lowest BCUT2D eigenvalue weighted by atomic mass is 10.1. The molecule has 0 unspecified atom stereocenters. The maximum atomic E-state index is 12.0. The molecule has 1 aromatic heterocycles. The molecular formula is C21H24N6OS. The molecule has 8 heteroatoms. The lowest BCUT2D eigenvalue weighted by molar-refractivity contribution is -0.115. The van der Waals surface area contributed by atoms with E-state index in [2.05, 4.69) is 49.7 Å². The molecule has 0 aliphatic carbocycles. The minimum absolute atomic E-state index is 0.0727. The smallest absolute Gasteiger partial charge is 0.251 e. The van der Waals surface area contributed by atoms with Crippen LogP contribution in [0.15, 0.2) is 58.8 Å². The summed E-state index contributed by atoms with van der Waals surface area (Å²) in [7, 11) is 0. The Morgan fingerprint density at radius 2 is 1.90 bits per heavy atom. The van der Waals surface area contributed by atoms with Crippen LogP contribution in [0.1, 0.15) is 30.8 Å². The van der Waals surface area contributed by atoms with Crippen LogP contribution in [-0.2, 0) is 11.3 Å². The van der Waals surface area contributed by atoms with Crippen LogP contribution in [0.2, 0.25) is 0 Å². The highest BCUT2D eigenvalue weighted by Gasteiger charge is 2.12. The summed E-state index contributed by atoms with van der Waals surface area (Å²) in [6.45, 7) is 7.41. The third kappa shape index (κ3) is 5.68. The quantitative estimate of drug-likeness (QED) is 0.489. The summed E-state index contributed by atoms with van der Waals surface area (Å²) in [5.41, 5.74) is 3.45. The first-order valence-electron chi connectivity index (χ1n) is 9.53. The molecule has 2 aromatic carbocycles. The largest absolute Gasteiger partial charge is 0.367 e. The predicted octanol–water partition coefficient (Wildman–Crippen LogP) is 5.64. The van der Waals surface area contributed by atoms with Crippen molar-refractivity contribution in [1.29, 1.82) is 0 Å². The third-order valence-corrected chi connectivity index (χ3v) is 5.02. The second-order valence-corrected chi connectivity index (χ2v) is 7.57. The Kier molecular flexibility index (Phi) is 7.02. The molecule has 0 fully saturated rings. The number of benzene rings is 2. The number of nitrogens with zero attached hydrogens (tertiary/aromatic N) is 5. The van der Waals surface area contributed by atoms with Crippen LogP contribution in [-0.4, -0.2) is 22.6 Å². The van der Waals surface area contributed by atoms with Gasteiger partial charge in [0.25, 0.3) is 5.13 Å². The molecule has 0 aliphatic rings. The van der Waals surface area contributed by atoms with E-state index in [0.717, 1.165) is 23.8 Å². The normalized spacial score (nSPS) is 11.0. The van der Waals surface area contributed by atoms with E-state index in [1.165, 1.54) is 16.9 Å². The molecule has 1 heterocycles. The topological polar surface area (TPSA) is 82.8 Å². The number of carbonyl (C=O) groups excluding carboxylic acids is 1. The zero-order valence-electron chi connectivity index (χ0n) is 16.8. The Labute approximate surface area is 174 Å². The first kappa shape index (κ1) is 20.6.